The maximum absolute atomic E-state index is 12.5. The van der Waals surface area contributed by atoms with Crippen LogP contribution in [0.15, 0.2) is 36.5 Å². The quantitative estimate of drug-likeness (QED) is 0.674. The highest BCUT2D eigenvalue weighted by Crippen LogP contribution is 2.38. The molecule has 2 unspecified atom stereocenters. The largest absolute Gasteiger partial charge is 0.393 e. The average Bonchev–Trinajstić information content (AvgIpc) is 3.11. The number of carbonyl (C=O) groups is 1. The van der Waals surface area contributed by atoms with Gasteiger partial charge in [0.2, 0.25) is 5.91 Å². The molecular formula is C18H22N4O2. The number of aromatic nitrogens is 1. The molecule has 6 heteroatoms. The zero-order valence-electron chi connectivity index (χ0n) is 13.4. The second kappa shape index (κ2) is 6.47. The normalized spacial score (nSPS) is 27.6. The number of nitrogens with one attached hydrogen (secondary N) is 3. The van der Waals surface area contributed by atoms with Gasteiger partial charge < -0.3 is 10.4 Å². The Morgan fingerprint density at radius 3 is 2.92 bits per heavy atom. The third kappa shape index (κ3) is 3.00. The van der Waals surface area contributed by atoms with E-state index in [2.05, 4.69) is 27.2 Å². The zero-order valence-corrected chi connectivity index (χ0v) is 13.4. The van der Waals surface area contributed by atoms with Gasteiger partial charge >= 0.3 is 0 Å². The number of pyridine rings is 1. The Labute approximate surface area is 140 Å². The first kappa shape index (κ1) is 15.5. The molecule has 6 nitrogen and oxygen atoms in total. The maximum atomic E-state index is 12.5. The predicted octanol–water partition coefficient (Wildman–Crippen LogP) is 1.03. The molecule has 0 spiro atoms. The summed E-state index contributed by atoms with van der Waals surface area (Å²) in [6.45, 7) is 0.794. The van der Waals surface area contributed by atoms with E-state index in [0.717, 1.165) is 29.4 Å². The standard InChI is InChI=1S/C18H22N4O2/c23-14-8-12(9-14)17(21-18(24)16-5-6-20-22-16)13-7-11-3-1-2-4-15(11)19-10-13/h1-4,7,10,12,14,16-17,20,22-23H,5-6,8-9H2,(H,21,24). The molecule has 1 aromatic heterocycles. The first-order valence-electron chi connectivity index (χ1n) is 8.52. The van der Waals surface area contributed by atoms with Crippen LogP contribution < -0.4 is 16.2 Å². The van der Waals surface area contributed by atoms with Gasteiger partial charge in [0.05, 0.1) is 17.7 Å². The molecule has 1 amide bonds. The first-order valence-corrected chi connectivity index (χ1v) is 8.52. The van der Waals surface area contributed by atoms with Gasteiger partial charge in [-0.05, 0) is 42.9 Å². The molecule has 2 aliphatic rings. The van der Waals surface area contributed by atoms with Crippen LogP contribution in [0.25, 0.3) is 10.9 Å². The van der Waals surface area contributed by atoms with Gasteiger partial charge in [-0.15, -0.1) is 0 Å². The number of aliphatic hydroxyl groups excluding tert-OH is 1. The second-order valence-electron chi connectivity index (χ2n) is 6.75. The summed E-state index contributed by atoms with van der Waals surface area (Å²) in [5.74, 6) is 0.251. The number of hydrogen-bond donors (Lipinski definition) is 4. The van der Waals surface area contributed by atoms with Crippen molar-refractivity contribution < 1.29 is 9.90 Å². The molecule has 0 bridgehead atoms. The number of fused-ring (bicyclic) bond motifs is 1. The molecule has 1 saturated carbocycles. The van der Waals surface area contributed by atoms with Crippen molar-refractivity contribution in [3.05, 3.63) is 42.1 Å². The minimum atomic E-state index is -0.255. The van der Waals surface area contributed by atoms with Gasteiger partial charge in [-0.25, -0.2) is 5.43 Å². The van der Waals surface area contributed by atoms with Crippen molar-refractivity contribution >= 4 is 16.8 Å². The van der Waals surface area contributed by atoms with Crippen LogP contribution in [0.5, 0.6) is 0 Å². The molecule has 0 radical (unpaired) electrons. The zero-order chi connectivity index (χ0) is 16.5. The van der Waals surface area contributed by atoms with Gasteiger partial charge in [0.15, 0.2) is 0 Å². The third-order valence-electron chi connectivity index (χ3n) is 5.04. The second-order valence-corrected chi connectivity index (χ2v) is 6.75. The number of hydrogen-bond acceptors (Lipinski definition) is 5. The number of para-hydroxylation sites is 1. The molecule has 1 aromatic carbocycles. The third-order valence-corrected chi connectivity index (χ3v) is 5.04. The van der Waals surface area contributed by atoms with Crippen molar-refractivity contribution in [2.45, 2.75) is 37.5 Å². The smallest absolute Gasteiger partial charge is 0.239 e. The Morgan fingerprint density at radius 2 is 2.17 bits per heavy atom. The average molecular weight is 326 g/mol. The maximum Gasteiger partial charge on any atom is 0.239 e. The molecule has 1 aliphatic carbocycles. The van der Waals surface area contributed by atoms with E-state index in [1.807, 2.05) is 30.5 Å². The van der Waals surface area contributed by atoms with Crippen LogP contribution in [0.2, 0.25) is 0 Å². The lowest BCUT2D eigenvalue weighted by Gasteiger charge is -2.38. The van der Waals surface area contributed by atoms with Crippen LogP contribution in [-0.4, -0.2) is 34.7 Å². The van der Waals surface area contributed by atoms with Crippen LogP contribution in [0.4, 0.5) is 0 Å². The number of carbonyl (C=O) groups excluding carboxylic acids is 1. The summed E-state index contributed by atoms with van der Waals surface area (Å²) in [5.41, 5.74) is 7.94. The Hall–Kier alpha value is -2.02. The van der Waals surface area contributed by atoms with E-state index in [0.29, 0.717) is 12.8 Å². The molecule has 1 aliphatic heterocycles. The van der Waals surface area contributed by atoms with Gasteiger partial charge in [-0.3, -0.25) is 15.2 Å². The summed E-state index contributed by atoms with van der Waals surface area (Å²) in [6.07, 6.45) is 3.80. The van der Waals surface area contributed by atoms with Crippen LogP contribution in [0.1, 0.15) is 30.9 Å². The minimum absolute atomic E-state index is 0.000418. The Balaban J connectivity index is 1.59. The van der Waals surface area contributed by atoms with E-state index in [1.54, 1.807) is 0 Å². The SMILES string of the molecule is O=C(NC(c1cnc2ccccc2c1)C1CC(O)C1)C1CCNN1. The fourth-order valence-corrected chi connectivity index (χ4v) is 3.57. The van der Waals surface area contributed by atoms with Crippen molar-refractivity contribution in [1.29, 1.82) is 0 Å². The number of benzene rings is 1. The van der Waals surface area contributed by atoms with Crippen LogP contribution in [0, 0.1) is 5.92 Å². The highest BCUT2D eigenvalue weighted by Gasteiger charge is 2.37. The van der Waals surface area contributed by atoms with Gasteiger partial charge in [0.1, 0.15) is 6.04 Å². The van der Waals surface area contributed by atoms with Crippen molar-refractivity contribution in [2.24, 2.45) is 5.92 Å². The van der Waals surface area contributed by atoms with Gasteiger partial charge in [0, 0.05) is 18.1 Å². The monoisotopic (exact) mass is 326 g/mol. The van der Waals surface area contributed by atoms with Crippen molar-refractivity contribution in [3.63, 3.8) is 0 Å². The number of hydrazine groups is 1. The van der Waals surface area contributed by atoms with E-state index < -0.39 is 0 Å². The lowest BCUT2D eigenvalue weighted by atomic mass is 9.75. The lowest BCUT2D eigenvalue weighted by molar-refractivity contribution is -0.124. The molecule has 2 fully saturated rings. The number of amides is 1. The van der Waals surface area contributed by atoms with Crippen molar-refractivity contribution in [2.75, 3.05) is 6.54 Å². The first-order chi connectivity index (χ1) is 11.7. The molecule has 2 aromatic rings. The minimum Gasteiger partial charge on any atom is -0.393 e. The summed E-state index contributed by atoms with van der Waals surface area (Å²) >= 11 is 0. The molecule has 1 saturated heterocycles. The van der Waals surface area contributed by atoms with E-state index in [-0.39, 0.29) is 30.0 Å². The van der Waals surface area contributed by atoms with Gasteiger partial charge in [-0.1, -0.05) is 18.2 Å². The lowest BCUT2D eigenvalue weighted by Crippen LogP contribution is -2.48. The Bertz CT molecular complexity index is 739. The Morgan fingerprint density at radius 1 is 1.33 bits per heavy atom. The predicted molar refractivity (Wildman–Crippen MR) is 90.9 cm³/mol. The fraction of sp³-hybridized carbons (Fsp3) is 0.444. The topological polar surface area (TPSA) is 86.3 Å². The number of aliphatic hydroxyl groups is 1. The van der Waals surface area contributed by atoms with E-state index in [4.69, 9.17) is 0 Å². The molecule has 126 valence electrons. The van der Waals surface area contributed by atoms with Crippen molar-refractivity contribution in [1.82, 2.24) is 21.2 Å². The van der Waals surface area contributed by atoms with Crippen LogP contribution in [0.3, 0.4) is 0 Å². The van der Waals surface area contributed by atoms with E-state index in [9.17, 15) is 9.90 Å². The van der Waals surface area contributed by atoms with Gasteiger partial charge in [0.25, 0.3) is 0 Å². The van der Waals surface area contributed by atoms with E-state index >= 15 is 0 Å². The Kier molecular flexibility index (Phi) is 4.18. The van der Waals surface area contributed by atoms with Gasteiger partial charge in [-0.2, -0.15) is 0 Å². The van der Waals surface area contributed by atoms with Crippen molar-refractivity contribution in [3.8, 4) is 0 Å². The number of rotatable bonds is 4. The summed E-state index contributed by atoms with van der Waals surface area (Å²) in [4.78, 5) is 17.0. The highest BCUT2D eigenvalue weighted by atomic mass is 16.3. The fourth-order valence-electron chi connectivity index (χ4n) is 3.57. The number of nitrogens with zero attached hydrogens (tertiary/aromatic N) is 1. The molecular weight excluding hydrogens is 304 g/mol. The molecule has 2 atom stereocenters. The summed E-state index contributed by atoms with van der Waals surface area (Å²) < 4.78 is 0. The molecule has 24 heavy (non-hydrogen) atoms. The van der Waals surface area contributed by atoms with Crippen LogP contribution >= 0.6 is 0 Å². The summed E-state index contributed by atoms with van der Waals surface area (Å²) in [5, 5.41) is 13.9. The summed E-state index contributed by atoms with van der Waals surface area (Å²) in [6, 6.07) is 9.75. The molecule has 4 N–H and O–H groups in total. The highest BCUT2D eigenvalue weighted by molar-refractivity contribution is 5.83. The molecule has 4 rings (SSSR count). The van der Waals surface area contributed by atoms with E-state index in [1.165, 1.54) is 0 Å². The molecule has 2 heterocycles. The summed E-state index contributed by atoms with van der Waals surface area (Å²) in [7, 11) is 0. The van der Waals surface area contributed by atoms with Crippen LogP contribution in [-0.2, 0) is 4.79 Å².